The summed E-state index contributed by atoms with van der Waals surface area (Å²) >= 11 is 0. The van der Waals surface area contributed by atoms with Crippen molar-refractivity contribution >= 4 is 5.84 Å². The van der Waals surface area contributed by atoms with Crippen LogP contribution in [0, 0.1) is 0 Å². The Morgan fingerprint density at radius 2 is 2.25 bits per heavy atom. The number of nitrogens with one attached hydrogen (secondary N) is 1. The number of hydrogen-bond donors (Lipinski definition) is 1. The summed E-state index contributed by atoms with van der Waals surface area (Å²) in [6.45, 7) is 6.32. The van der Waals surface area contributed by atoms with Crippen LogP contribution in [0.3, 0.4) is 0 Å². The van der Waals surface area contributed by atoms with Crippen molar-refractivity contribution in [3.63, 3.8) is 0 Å². The Kier molecular flexibility index (Phi) is 4.26. The largest absolute Gasteiger partial charge is 0.251 e. The fourth-order valence-electron chi connectivity index (χ4n) is 0.298. The lowest BCUT2D eigenvalue weighted by molar-refractivity contribution is 0.114. The van der Waals surface area contributed by atoms with Crippen molar-refractivity contribution in [1.29, 1.82) is 0 Å². The van der Waals surface area contributed by atoms with E-state index in [4.69, 9.17) is 0 Å². The Bertz CT molecular complexity index is 80.5. The molecule has 0 amide bonds. The van der Waals surface area contributed by atoms with E-state index in [1.165, 1.54) is 0 Å². The van der Waals surface area contributed by atoms with Crippen LogP contribution in [0.25, 0.3) is 0 Å². The van der Waals surface area contributed by atoms with Crippen LogP contribution in [0.15, 0.2) is 4.99 Å². The lowest BCUT2D eigenvalue weighted by Crippen LogP contribution is -2.11. The highest BCUT2D eigenvalue weighted by atomic mass is 16.7. The van der Waals surface area contributed by atoms with Crippen molar-refractivity contribution in [3.8, 4) is 0 Å². The number of amidine groups is 1. The van der Waals surface area contributed by atoms with Crippen molar-refractivity contribution in [1.82, 2.24) is 5.48 Å². The van der Waals surface area contributed by atoms with Gasteiger partial charge in [0.2, 0.25) is 0 Å². The van der Waals surface area contributed by atoms with Crippen molar-refractivity contribution in [2.24, 2.45) is 4.99 Å². The van der Waals surface area contributed by atoms with Crippen molar-refractivity contribution in [3.05, 3.63) is 0 Å². The third kappa shape index (κ3) is 2.58. The van der Waals surface area contributed by atoms with Gasteiger partial charge < -0.3 is 0 Å². The topological polar surface area (TPSA) is 33.6 Å². The van der Waals surface area contributed by atoms with Crippen molar-refractivity contribution < 1.29 is 4.84 Å². The fourth-order valence-corrected chi connectivity index (χ4v) is 0.298. The van der Waals surface area contributed by atoms with Gasteiger partial charge in [0.25, 0.3) is 0 Å². The van der Waals surface area contributed by atoms with Crippen LogP contribution in [0.1, 0.15) is 20.8 Å². The molecule has 8 heavy (non-hydrogen) atoms. The molecule has 0 aliphatic carbocycles. The maximum Gasteiger partial charge on any atom is 0.166 e. The smallest absolute Gasteiger partial charge is 0.166 e. The Balaban J connectivity index is 0.000000222. The van der Waals surface area contributed by atoms with Crippen LogP contribution in [0.5, 0.6) is 0 Å². The first-order chi connectivity index (χ1) is 3.89. The van der Waals surface area contributed by atoms with Gasteiger partial charge in [0.15, 0.2) is 6.73 Å². The van der Waals surface area contributed by atoms with E-state index in [1.54, 1.807) is 0 Å². The molecule has 0 saturated carbocycles. The zero-order valence-corrected chi connectivity index (χ0v) is 5.56. The van der Waals surface area contributed by atoms with Gasteiger partial charge in [-0.05, 0) is 6.92 Å². The summed E-state index contributed by atoms with van der Waals surface area (Å²) in [7, 11) is 0. The van der Waals surface area contributed by atoms with Gasteiger partial charge in [0.05, 0.1) is 0 Å². The second-order valence-corrected chi connectivity index (χ2v) is 1.12. The minimum absolute atomic E-state index is 0.464. The second-order valence-electron chi connectivity index (χ2n) is 1.12. The van der Waals surface area contributed by atoms with E-state index in [0.717, 1.165) is 5.84 Å². The molecule has 1 rings (SSSR count). The summed E-state index contributed by atoms with van der Waals surface area (Å²) in [6.07, 6.45) is 0. The molecule has 0 radical (unpaired) electrons. The molecule has 0 aromatic rings. The summed E-state index contributed by atoms with van der Waals surface area (Å²) in [6, 6.07) is 0. The van der Waals surface area contributed by atoms with Crippen LogP contribution in [0.2, 0.25) is 0 Å². The zero-order chi connectivity index (χ0) is 6.41. The summed E-state index contributed by atoms with van der Waals surface area (Å²) < 4.78 is 0. The average Bonchev–Trinajstić information content (AvgIpc) is 2.24. The number of hydroxylamine groups is 1. The molecule has 1 N–H and O–H groups in total. The predicted molar refractivity (Wildman–Crippen MR) is 33.5 cm³/mol. The van der Waals surface area contributed by atoms with Crippen molar-refractivity contribution in [2.45, 2.75) is 20.8 Å². The van der Waals surface area contributed by atoms with Crippen LogP contribution >= 0.6 is 0 Å². The third-order valence-corrected chi connectivity index (χ3v) is 0.586. The van der Waals surface area contributed by atoms with Gasteiger partial charge in [-0.2, -0.15) is 0 Å². The van der Waals surface area contributed by atoms with Gasteiger partial charge in [-0.25, -0.2) is 4.99 Å². The Morgan fingerprint density at radius 3 is 2.38 bits per heavy atom. The highest BCUT2D eigenvalue weighted by Crippen LogP contribution is 1.81. The SMILES string of the molecule is CC.CC1=NCON1. The third-order valence-electron chi connectivity index (χ3n) is 0.586. The first kappa shape index (κ1) is 7.43. The highest BCUT2D eigenvalue weighted by molar-refractivity contribution is 5.79. The molecule has 0 fully saturated rings. The number of hydrogen-bond acceptors (Lipinski definition) is 3. The van der Waals surface area contributed by atoms with Crippen LogP contribution < -0.4 is 5.48 Å². The standard InChI is InChI=1S/C3H6N2O.C2H6/c1-3-4-2-6-5-3;1-2/h2H2,1H3,(H,4,5);1-2H3. The molecule has 3 heteroatoms. The quantitative estimate of drug-likeness (QED) is 0.510. The van der Waals surface area contributed by atoms with E-state index < -0.39 is 0 Å². The lowest BCUT2D eigenvalue weighted by atomic mass is 10.7. The van der Waals surface area contributed by atoms with Gasteiger partial charge in [-0.3, -0.25) is 10.3 Å². The molecule has 0 atom stereocenters. The van der Waals surface area contributed by atoms with Crippen LogP contribution in [-0.4, -0.2) is 12.6 Å². The molecule has 0 bridgehead atoms. The molecular formula is C5H12N2O. The molecule has 1 heterocycles. The molecule has 0 aromatic heterocycles. The maximum atomic E-state index is 4.60. The molecule has 0 spiro atoms. The van der Waals surface area contributed by atoms with E-state index in [-0.39, 0.29) is 0 Å². The van der Waals surface area contributed by atoms with E-state index in [9.17, 15) is 0 Å². The second kappa shape index (κ2) is 4.59. The predicted octanol–water partition coefficient (Wildman–Crippen LogP) is 0.923. The Labute approximate surface area is 49.7 Å². The monoisotopic (exact) mass is 116 g/mol. The van der Waals surface area contributed by atoms with Gasteiger partial charge in [-0.1, -0.05) is 13.8 Å². The molecule has 0 aromatic carbocycles. The molecular weight excluding hydrogens is 104 g/mol. The summed E-state index contributed by atoms with van der Waals surface area (Å²) in [5.74, 6) is 0.856. The first-order valence-electron chi connectivity index (χ1n) is 2.78. The molecule has 3 nitrogen and oxygen atoms in total. The normalized spacial score (nSPS) is 15.6. The van der Waals surface area contributed by atoms with Gasteiger partial charge in [0, 0.05) is 0 Å². The van der Waals surface area contributed by atoms with E-state index in [0.29, 0.717) is 6.73 Å². The fraction of sp³-hybridized carbons (Fsp3) is 0.800. The average molecular weight is 116 g/mol. The summed E-state index contributed by atoms with van der Waals surface area (Å²) in [4.78, 5) is 8.42. The maximum absolute atomic E-state index is 4.60. The molecule has 1 aliphatic rings. The van der Waals surface area contributed by atoms with E-state index in [1.807, 2.05) is 20.8 Å². The molecule has 0 unspecified atom stereocenters. The number of aliphatic imine (C=N–C) groups is 1. The molecule has 0 saturated heterocycles. The van der Waals surface area contributed by atoms with Crippen molar-refractivity contribution in [2.75, 3.05) is 6.73 Å². The molecule has 48 valence electrons. The highest BCUT2D eigenvalue weighted by Gasteiger charge is 1.93. The minimum Gasteiger partial charge on any atom is -0.251 e. The van der Waals surface area contributed by atoms with Crippen LogP contribution in [-0.2, 0) is 4.84 Å². The Morgan fingerprint density at radius 1 is 1.62 bits per heavy atom. The Hall–Kier alpha value is -0.570. The molecule has 1 aliphatic heterocycles. The van der Waals surface area contributed by atoms with E-state index in [2.05, 4.69) is 15.3 Å². The number of rotatable bonds is 0. The minimum atomic E-state index is 0.464. The van der Waals surface area contributed by atoms with Gasteiger partial charge in [0.1, 0.15) is 5.84 Å². The number of nitrogens with zero attached hydrogens (tertiary/aromatic N) is 1. The van der Waals surface area contributed by atoms with Gasteiger partial charge in [-0.15, -0.1) is 0 Å². The lowest BCUT2D eigenvalue weighted by Gasteiger charge is -1.85. The van der Waals surface area contributed by atoms with Gasteiger partial charge >= 0.3 is 0 Å². The summed E-state index contributed by atoms with van der Waals surface area (Å²) in [5, 5.41) is 0. The summed E-state index contributed by atoms with van der Waals surface area (Å²) in [5.41, 5.74) is 2.57. The zero-order valence-electron chi connectivity index (χ0n) is 5.56. The van der Waals surface area contributed by atoms with E-state index >= 15 is 0 Å². The first-order valence-corrected chi connectivity index (χ1v) is 2.78. The van der Waals surface area contributed by atoms with Crippen LogP contribution in [0.4, 0.5) is 0 Å².